The van der Waals surface area contributed by atoms with Crippen molar-refractivity contribution < 1.29 is 4.74 Å². The first-order valence-electron chi connectivity index (χ1n) is 5.29. The molecule has 0 aromatic carbocycles. The maximum Gasteiger partial charge on any atom is 0.122 e. The number of imidazole rings is 1. The van der Waals surface area contributed by atoms with Crippen LogP contribution in [0.2, 0.25) is 0 Å². The molecule has 1 heterocycles. The molecule has 0 radical (unpaired) electrons. The lowest BCUT2D eigenvalue weighted by atomic mass is 10.1. The van der Waals surface area contributed by atoms with Gasteiger partial charge in [0, 0.05) is 26.0 Å². The summed E-state index contributed by atoms with van der Waals surface area (Å²) >= 11 is 0. The van der Waals surface area contributed by atoms with Crippen LogP contribution in [-0.2, 0) is 17.8 Å². The van der Waals surface area contributed by atoms with Crippen molar-refractivity contribution in [1.82, 2.24) is 14.9 Å². The van der Waals surface area contributed by atoms with E-state index in [2.05, 4.69) is 28.7 Å². The van der Waals surface area contributed by atoms with Gasteiger partial charge >= 0.3 is 0 Å². The number of methoxy groups -OCH3 is 1. The quantitative estimate of drug-likeness (QED) is 0.773. The van der Waals surface area contributed by atoms with Crippen LogP contribution in [0.15, 0.2) is 12.4 Å². The molecule has 1 rings (SSSR count). The maximum atomic E-state index is 5.39. The fraction of sp³-hybridized carbons (Fsp3) is 0.727. The third-order valence-corrected chi connectivity index (χ3v) is 2.64. The molecule has 4 nitrogen and oxygen atoms in total. The number of ether oxygens (including phenoxy) is 1. The Hall–Kier alpha value is -0.870. The van der Waals surface area contributed by atoms with Crippen LogP contribution in [0.25, 0.3) is 0 Å². The van der Waals surface area contributed by atoms with Gasteiger partial charge in [-0.15, -0.1) is 0 Å². The zero-order chi connectivity index (χ0) is 11.3. The van der Waals surface area contributed by atoms with Crippen LogP contribution >= 0.6 is 0 Å². The highest BCUT2D eigenvalue weighted by Gasteiger charge is 2.16. The van der Waals surface area contributed by atoms with Gasteiger partial charge in [0.1, 0.15) is 5.82 Å². The summed E-state index contributed by atoms with van der Waals surface area (Å²) in [6.45, 7) is 5.95. The Morgan fingerprint density at radius 3 is 2.87 bits per heavy atom. The largest absolute Gasteiger partial charge is 0.379 e. The van der Waals surface area contributed by atoms with E-state index in [-0.39, 0.29) is 5.60 Å². The Labute approximate surface area is 91.7 Å². The maximum absolute atomic E-state index is 5.39. The SMILES string of the molecule is CNCc1nccn1CCC(C)(C)OC. The Kier molecular flexibility index (Phi) is 4.29. The van der Waals surface area contributed by atoms with Crippen molar-refractivity contribution in [2.75, 3.05) is 14.2 Å². The Morgan fingerprint density at radius 1 is 1.53 bits per heavy atom. The van der Waals surface area contributed by atoms with Crippen molar-refractivity contribution in [1.29, 1.82) is 0 Å². The predicted molar refractivity (Wildman–Crippen MR) is 60.7 cm³/mol. The van der Waals surface area contributed by atoms with Crippen LogP contribution in [0.5, 0.6) is 0 Å². The van der Waals surface area contributed by atoms with Gasteiger partial charge in [-0.2, -0.15) is 0 Å². The molecular formula is C11H21N3O. The summed E-state index contributed by atoms with van der Waals surface area (Å²) in [5.41, 5.74) is -0.0683. The third-order valence-electron chi connectivity index (χ3n) is 2.64. The predicted octanol–water partition coefficient (Wildman–Crippen LogP) is 1.42. The molecule has 0 saturated carbocycles. The highest BCUT2D eigenvalue weighted by Crippen LogP contribution is 2.14. The summed E-state index contributed by atoms with van der Waals surface area (Å²) in [6, 6.07) is 0. The number of nitrogens with one attached hydrogen (secondary N) is 1. The summed E-state index contributed by atoms with van der Waals surface area (Å²) in [6.07, 6.45) is 4.83. The standard InChI is InChI=1S/C11H21N3O/c1-11(2,15-4)5-7-14-8-6-13-10(14)9-12-3/h6,8,12H,5,7,9H2,1-4H3. The number of aryl methyl sites for hydroxylation is 1. The van der Waals surface area contributed by atoms with E-state index in [0.29, 0.717) is 0 Å². The molecule has 0 saturated heterocycles. The van der Waals surface area contributed by atoms with E-state index in [4.69, 9.17) is 4.74 Å². The van der Waals surface area contributed by atoms with Gasteiger partial charge in [0.15, 0.2) is 0 Å². The first-order chi connectivity index (χ1) is 7.09. The molecule has 0 atom stereocenters. The first kappa shape index (κ1) is 12.2. The summed E-state index contributed by atoms with van der Waals surface area (Å²) in [5, 5.41) is 3.11. The lowest BCUT2D eigenvalue weighted by molar-refractivity contribution is 0.0119. The highest BCUT2D eigenvalue weighted by atomic mass is 16.5. The zero-order valence-corrected chi connectivity index (χ0v) is 10.1. The van der Waals surface area contributed by atoms with E-state index in [1.807, 2.05) is 19.4 Å². The summed E-state index contributed by atoms with van der Waals surface area (Å²) in [4.78, 5) is 4.29. The molecule has 1 N–H and O–H groups in total. The van der Waals surface area contributed by atoms with Gasteiger partial charge in [-0.25, -0.2) is 4.98 Å². The van der Waals surface area contributed by atoms with Crippen LogP contribution in [0, 0.1) is 0 Å². The van der Waals surface area contributed by atoms with Crippen molar-refractivity contribution in [3.63, 3.8) is 0 Å². The van der Waals surface area contributed by atoms with E-state index < -0.39 is 0 Å². The van der Waals surface area contributed by atoms with E-state index in [1.54, 1.807) is 7.11 Å². The number of hydrogen-bond acceptors (Lipinski definition) is 3. The molecule has 0 bridgehead atoms. The Bertz CT molecular complexity index is 294. The topological polar surface area (TPSA) is 39.1 Å². The van der Waals surface area contributed by atoms with Crippen LogP contribution in [0.1, 0.15) is 26.1 Å². The monoisotopic (exact) mass is 211 g/mol. The number of rotatable bonds is 6. The number of hydrogen-bond donors (Lipinski definition) is 1. The molecule has 1 aromatic heterocycles. The molecule has 0 aliphatic heterocycles. The molecular weight excluding hydrogens is 190 g/mol. The van der Waals surface area contributed by atoms with E-state index in [1.165, 1.54) is 0 Å². The van der Waals surface area contributed by atoms with Gasteiger partial charge in [0.2, 0.25) is 0 Å². The minimum Gasteiger partial charge on any atom is -0.379 e. The highest BCUT2D eigenvalue weighted by molar-refractivity contribution is 4.92. The van der Waals surface area contributed by atoms with Crippen molar-refractivity contribution in [3.05, 3.63) is 18.2 Å². The Balaban J connectivity index is 2.53. The molecule has 86 valence electrons. The van der Waals surface area contributed by atoms with Crippen LogP contribution in [0.3, 0.4) is 0 Å². The lowest BCUT2D eigenvalue weighted by Crippen LogP contribution is -2.25. The molecule has 0 spiro atoms. The fourth-order valence-electron chi connectivity index (χ4n) is 1.36. The van der Waals surface area contributed by atoms with Gasteiger partial charge in [0.05, 0.1) is 12.1 Å². The molecule has 0 fully saturated rings. The van der Waals surface area contributed by atoms with Crippen molar-refractivity contribution in [2.24, 2.45) is 0 Å². The van der Waals surface area contributed by atoms with Crippen LogP contribution < -0.4 is 5.32 Å². The second-order valence-corrected chi connectivity index (χ2v) is 4.28. The number of nitrogens with zero attached hydrogens (tertiary/aromatic N) is 2. The lowest BCUT2D eigenvalue weighted by Gasteiger charge is -2.23. The molecule has 15 heavy (non-hydrogen) atoms. The van der Waals surface area contributed by atoms with E-state index >= 15 is 0 Å². The fourth-order valence-corrected chi connectivity index (χ4v) is 1.36. The summed E-state index contributed by atoms with van der Waals surface area (Å²) in [5.74, 6) is 1.07. The van der Waals surface area contributed by atoms with Gasteiger partial charge in [-0.3, -0.25) is 0 Å². The average molecular weight is 211 g/mol. The molecule has 1 aromatic rings. The van der Waals surface area contributed by atoms with E-state index in [0.717, 1.165) is 25.3 Å². The second kappa shape index (κ2) is 5.28. The van der Waals surface area contributed by atoms with E-state index in [9.17, 15) is 0 Å². The zero-order valence-electron chi connectivity index (χ0n) is 10.1. The van der Waals surface area contributed by atoms with Gasteiger partial charge in [-0.05, 0) is 27.3 Å². The minimum atomic E-state index is -0.0683. The molecule has 0 aliphatic rings. The Morgan fingerprint density at radius 2 is 2.27 bits per heavy atom. The van der Waals surface area contributed by atoms with Gasteiger partial charge in [0.25, 0.3) is 0 Å². The first-order valence-corrected chi connectivity index (χ1v) is 5.29. The van der Waals surface area contributed by atoms with Crippen molar-refractivity contribution in [2.45, 2.75) is 39.0 Å². The second-order valence-electron chi connectivity index (χ2n) is 4.28. The van der Waals surface area contributed by atoms with Gasteiger partial charge in [-0.1, -0.05) is 0 Å². The van der Waals surface area contributed by atoms with Crippen molar-refractivity contribution in [3.8, 4) is 0 Å². The number of aromatic nitrogens is 2. The molecule has 0 amide bonds. The minimum absolute atomic E-state index is 0.0683. The van der Waals surface area contributed by atoms with Gasteiger partial charge < -0.3 is 14.6 Å². The molecule has 4 heteroatoms. The summed E-state index contributed by atoms with van der Waals surface area (Å²) < 4.78 is 7.55. The smallest absolute Gasteiger partial charge is 0.122 e. The third kappa shape index (κ3) is 3.64. The van der Waals surface area contributed by atoms with Crippen LogP contribution in [-0.4, -0.2) is 29.3 Å². The summed E-state index contributed by atoms with van der Waals surface area (Å²) in [7, 11) is 3.68. The normalized spacial score (nSPS) is 12.0. The molecule has 0 unspecified atom stereocenters. The van der Waals surface area contributed by atoms with Crippen molar-refractivity contribution >= 4 is 0 Å². The molecule has 0 aliphatic carbocycles. The van der Waals surface area contributed by atoms with Crippen LogP contribution in [0.4, 0.5) is 0 Å². The average Bonchev–Trinajstić information content (AvgIpc) is 2.64.